The number of carbonyl (C=O) groups is 2. The number of benzene rings is 1. The highest BCUT2D eigenvalue weighted by molar-refractivity contribution is 7.12. The van der Waals surface area contributed by atoms with Crippen molar-refractivity contribution in [2.75, 3.05) is 11.4 Å². The van der Waals surface area contributed by atoms with Gasteiger partial charge in [0.1, 0.15) is 17.2 Å². The number of aryl methyl sites for hydroxylation is 1. The number of tetrazole rings is 1. The third-order valence-corrected chi connectivity index (χ3v) is 5.44. The van der Waals surface area contributed by atoms with Crippen molar-refractivity contribution in [2.24, 2.45) is 0 Å². The molecule has 0 spiro atoms. The summed E-state index contributed by atoms with van der Waals surface area (Å²) >= 11 is 1.29. The largest absolute Gasteiger partial charge is 0.339 e. The molecular weight excluding hydrogens is 364 g/mol. The van der Waals surface area contributed by atoms with Crippen molar-refractivity contribution >= 4 is 28.8 Å². The van der Waals surface area contributed by atoms with E-state index in [9.17, 15) is 9.59 Å². The van der Waals surface area contributed by atoms with Crippen LogP contribution in [0.15, 0.2) is 42.0 Å². The molecule has 138 valence electrons. The van der Waals surface area contributed by atoms with Crippen LogP contribution in [-0.2, 0) is 4.79 Å². The molecule has 0 radical (unpaired) electrons. The minimum absolute atomic E-state index is 0.0843. The fourth-order valence-corrected chi connectivity index (χ4v) is 3.92. The highest BCUT2D eigenvalue weighted by Crippen LogP contribution is 2.24. The van der Waals surface area contributed by atoms with Crippen molar-refractivity contribution in [1.82, 2.24) is 25.5 Å². The Morgan fingerprint density at radius 3 is 2.81 bits per heavy atom. The maximum absolute atomic E-state index is 12.9. The zero-order valence-electron chi connectivity index (χ0n) is 14.7. The van der Waals surface area contributed by atoms with E-state index in [0.29, 0.717) is 23.5 Å². The predicted octanol–water partition coefficient (Wildman–Crippen LogP) is 1.96. The van der Waals surface area contributed by atoms with Crippen molar-refractivity contribution in [3.8, 4) is 5.69 Å². The van der Waals surface area contributed by atoms with Gasteiger partial charge in [0.05, 0.1) is 5.69 Å². The van der Waals surface area contributed by atoms with Crippen molar-refractivity contribution in [3.05, 3.63) is 52.5 Å². The predicted molar refractivity (Wildman–Crippen MR) is 101 cm³/mol. The lowest BCUT2D eigenvalue weighted by Crippen LogP contribution is -2.52. The van der Waals surface area contributed by atoms with Gasteiger partial charge in [-0.25, -0.2) is 0 Å². The topological polar surface area (TPSA) is 93.0 Å². The van der Waals surface area contributed by atoms with Crippen LogP contribution < -0.4 is 10.2 Å². The van der Waals surface area contributed by atoms with Gasteiger partial charge in [-0.05, 0) is 53.8 Å². The van der Waals surface area contributed by atoms with Gasteiger partial charge in [0.2, 0.25) is 5.91 Å². The Morgan fingerprint density at radius 1 is 1.26 bits per heavy atom. The molecule has 27 heavy (non-hydrogen) atoms. The quantitative estimate of drug-likeness (QED) is 0.745. The summed E-state index contributed by atoms with van der Waals surface area (Å²) < 4.78 is 1.44. The first kappa shape index (κ1) is 17.3. The Balaban J connectivity index is 1.51. The highest BCUT2D eigenvalue weighted by atomic mass is 32.1. The number of carbonyl (C=O) groups excluding carboxylic acids is 2. The zero-order chi connectivity index (χ0) is 18.8. The molecule has 2 aromatic heterocycles. The number of anilines is 1. The van der Waals surface area contributed by atoms with Gasteiger partial charge in [0, 0.05) is 12.2 Å². The van der Waals surface area contributed by atoms with E-state index < -0.39 is 6.04 Å². The number of hydrogen-bond acceptors (Lipinski definition) is 6. The van der Waals surface area contributed by atoms with E-state index in [-0.39, 0.29) is 11.8 Å². The van der Waals surface area contributed by atoms with Gasteiger partial charge in [0.15, 0.2) is 0 Å². The Kier molecular flexibility index (Phi) is 4.68. The highest BCUT2D eigenvalue weighted by Gasteiger charge is 2.31. The number of rotatable bonds is 4. The number of nitrogens with one attached hydrogen (secondary N) is 1. The summed E-state index contributed by atoms with van der Waals surface area (Å²) in [5.41, 5.74) is 2.59. The molecule has 1 saturated heterocycles. The number of amides is 2. The number of aromatic nitrogens is 4. The summed E-state index contributed by atoms with van der Waals surface area (Å²) in [7, 11) is 0. The monoisotopic (exact) mass is 382 g/mol. The van der Waals surface area contributed by atoms with Crippen LogP contribution in [0.25, 0.3) is 5.69 Å². The van der Waals surface area contributed by atoms with E-state index in [0.717, 1.165) is 17.7 Å². The molecule has 1 aliphatic rings. The van der Waals surface area contributed by atoms with Crippen LogP contribution >= 0.6 is 11.3 Å². The standard InChI is InChI=1S/C18H18N6O2S/c1-12-4-6-13(7-5-12)23-9-2-3-14(18(23)26)20-17(25)16-15(8-10-27-16)24-11-19-21-22-24/h4-8,10-11,14H,2-3,9H2,1H3,(H,20,25). The van der Waals surface area contributed by atoms with Gasteiger partial charge >= 0.3 is 0 Å². The second-order valence-corrected chi connectivity index (χ2v) is 7.30. The van der Waals surface area contributed by atoms with Gasteiger partial charge in [-0.1, -0.05) is 17.7 Å². The van der Waals surface area contributed by atoms with Crippen LogP contribution in [0.3, 0.4) is 0 Å². The van der Waals surface area contributed by atoms with Gasteiger partial charge in [0.25, 0.3) is 5.91 Å². The second-order valence-electron chi connectivity index (χ2n) is 6.38. The minimum Gasteiger partial charge on any atom is -0.339 e. The molecule has 1 unspecified atom stereocenters. The SMILES string of the molecule is Cc1ccc(N2CCCC(NC(=O)c3sccc3-n3cnnn3)C2=O)cc1. The zero-order valence-corrected chi connectivity index (χ0v) is 15.5. The molecule has 3 aromatic rings. The van der Waals surface area contributed by atoms with Crippen molar-refractivity contribution in [3.63, 3.8) is 0 Å². The van der Waals surface area contributed by atoms with Gasteiger partial charge in [-0.2, -0.15) is 4.68 Å². The maximum Gasteiger partial charge on any atom is 0.264 e. The van der Waals surface area contributed by atoms with E-state index in [4.69, 9.17) is 0 Å². The molecule has 8 nitrogen and oxygen atoms in total. The lowest BCUT2D eigenvalue weighted by Gasteiger charge is -2.32. The van der Waals surface area contributed by atoms with Gasteiger partial charge < -0.3 is 10.2 Å². The number of piperidine rings is 1. The first-order chi connectivity index (χ1) is 13.1. The third kappa shape index (κ3) is 3.45. The van der Waals surface area contributed by atoms with Gasteiger partial charge in [-0.3, -0.25) is 9.59 Å². The molecule has 0 bridgehead atoms. The molecule has 1 aromatic carbocycles. The summed E-state index contributed by atoms with van der Waals surface area (Å²) in [5.74, 6) is -0.376. The van der Waals surface area contributed by atoms with Crippen LogP contribution in [0.5, 0.6) is 0 Å². The Bertz CT molecular complexity index is 951. The van der Waals surface area contributed by atoms with E-state index in [1.807, 2.05) is 31.2 Å². The number of nitrogens with zero attached hydrogens (tertiary/aromatic N) is 5. The van der Waals surface area contributed by atoms with Crippen molar-refractivity contribution < 1.29 is 9.59 Å². The maximum atomic E-state index is 12.9. The first-order valence-corrected chi connectivity index (χ1v) is 9.51. The molecule has 0 aliphatic carbocycles. The molecule has 1 fully saturated rings. The Labute approximate surface area is 159 Å². The average molecular weight is 382 g/mol. The summed E-state index contributed by atoms with van der Waals surface area (Å²) in [6.07, 6.45) is 2.89. The van der Waals surface area contributed by atoms with Crippen LogP contribution in [-0.4, -0.2) is 44.6 Å². The molecule has 9 heteroatoms. The Morgan fingerprint density at radius 2 is 2.07 bits per heavy atom. The van der Waals surface area contributed by atoms with Crippen LogP contribution in [0.2, 0.25) is 0 Å². The molecule has 1 atom stereocenters. The Hall–Kier alpha value is -3.07. The number of thiophene rings is 1. The van der Waals surface area contributed by atoms with Crippen molar-refractivity contribution in [2.45, 2.75) is 25.8 Å². The van der Waals surface area contributed by atoms with Crippen LogP contribution in [0.4, 0.5) is 5.69 Å². The lowest BCUT2D eigenvalue weighted by molar-refractivity contribution is -0.121. The minimum atomic E-state index is -0.545. The van der Waals surface area contributed by atoms with Crippen molar-refractivity contribution in [1.29, 1.82) is 0 Å². The van der Waals surface area contributed by atoms with Crippen LogP contribution in [0, 0.1) is 6.92 Å². The fourth-order valence-electron chi connectivity index (χ4n) is 3.14. The van der Waals surface area contributed by atoms with E-state index in [2.05, 4.69) is 20.8 Å². The summed E-state index contributed by atoms with van der Waals surface area (Å²) in [6, 6.07) is 9.07. The molecule has 2 amide bonds. The third-order valence-electron chi connectivity index (χ3n) is 4.54. The normalized spacial score (nSPS) is 17.1. The van der Waals surface area contributed by atoms with E-state index in [1.54, 1.807) is 16.3 Å². The smallest absolute Gasteiger partial charge is 0.264 e. The summed E-state index contributed by atoms with van der Waals surface area (Å²) in [5, 5.41) is 15.7. The first-order valence-electron chi connectivity index (χ1n) is 8.63. The lowest BCUT2D eigenvalue weighted by atomic mass is 10.0. The molecular formula is C18H18N6O2S. The summed E-state index contributed by atoms with van der Waals surface area (Å²) in [6.45, 7) is 2.66. The fraction of sp³-hybridized carbons (Fsp3) is 0.278. The van der Waals surface area contributed by atoms with E-state index in [1.165, 1.54) is 22.3 Å². The van der Waals surface area contributed by atoms with Crippen LogP contribution in [0.1, 0.15) is 28.1 Å². The molecule has 4 rings (SSSR count). The molecule has 1 aliphatic heterocycles. The molecule has 0 saturated carbocycles. The average Bonchev–Trinajstić information content (AvgIpc) is 3.35. The van der Waals surface area contributed by atoms with E-state index >= 15 is 0 Å². The molecule has 3 heterocycles. The molecule has 1 N–H and O–H groups in total. The number of hydrogen-bond donors (Lipinski definition) is 1. The second kappa shape index (κ2) is 7.28. The summed E-state index contributed by atoms with van der Waals surface area (Å²) in [4.78, 5) is 27.9. The van der Waals surface area contributed by atoms with Gasteiger partial charge in [-0.15, -0.1) is 16.4 Å².